The van der Waals surface area contributed by atoms with Crippen LogP contribution in [0.25, 0.3) is 12.2 Å². The fraction of sp³-hybridized carbons (Fsp3) is 0.0909. The maximum Gasteiger partial charge on any atom is 0.331 e. The summed E-state index contributed by atoms with van der Waals surface area (Å²) < 4.78 is 10.8. The first kappa shape index (κ1) is 16.1. The standard InChI is InChI=1S/C22H16O4/c23-21(25-19-11-9-15-5-1-3-7-17(15)19)13-14-22(24)26-20-12-10-16-6-2-4-8-18(16)20/h1-14,19-20H/b14-13-. The predicted molar refractivity (Wildman–Crippen MR) is 97.8 cm³/mol. The summed E-state index contributed by atoms with van der Waals surface area (Å²) in [5, 5.41) is 0. The second kappa shape index (κ2) is 6.84. The lowest BCUT2D eigenvalue weighted by Gasteiger charge is -2.12. The molecule has 2 aliphatic carbocycles. The van der Waals surface area contributed by atoms with Gasteiger partial charge in [0, 0.05) is 23.3 Å². The lowest BCUT2D eigenvalue weighted by molar-refractivity contribution is -0.143. The SMILES string of the molecule is O=C(/C=C\C(=O)OC1C=Cc2ccccc21)OC1C=Cc2ccccc21. The van der Waals surface area contributed by atoms with Crippen LogP contribution in [0.15, 0.2) is 72.8 Å². The van der Waals surface area contributed by atoms with Crippen molar-refractivity contribution >= 4 is 24.1 Å². The maximum atomic E-state index is 12.0. The first-order valence-electron chi connectivity index (χ1n) is 8.34. The van der Waals surface area contributed by atoms with Gasteiger partial charge < -0.3 is 9.47 Å². The molecule has 0 saturated carbocycles. The topological polar surface area (TPSA) is 52.6 Å². The molecule has 2 unspecified atom stereocenters. The Bertz CT molecular complexity index is 875. The van der Waals surface area contributed by atoms with Crippen LogP contribution in [0.1, 0.15) is 34.5 Å². The molecule has 2 aliphatic rings. The van der Waals surface area contributed by atoms with Crippen LogP contribution in [0.3, 0.4) is 0 Å². The van der Waals surface area contributed by atoms with Gasteiger partial charge in [-0.25, -0.2) is 9.59 Å². The Labute approximate surface area is 151 Å². The van der Waals surface area contributed by atoms with E-state index in [9.17, 15) is 9.59 Å². The zero-order valence-electron chi connectivity index (χ0n) is 13.9. The van der Waals surface area contributed by atoms with Crippen LogP contribution in [-0.4, -0.2) is 11.9 Å². The molecule has 0 N–H and O–H groups in total. The molecule has 26 heavy (non-hydrogen) atoms. The lowest BCUT2D eigenvalue weighted by atomic mass is 10.1. The second-order valence-corrected chi connectivity index (χ2v) is 6.02. The minimum absolute atomic E-state index is 0.427. The van der Waals surface area contributed by atoms with Crippen molar-refractivity contribution in [3.05, 3.63) is 95.1 Å². The Balaban J connectivity index is 1.34. The van der Waals surface area contributed by atoms with Gasteiger partial charge in [-0.05, 0) is 23.3 Å². The van der Waals surface area contributed by atoms with Gasteiger partial charge in [0.1, 0.15) is 12.2 Å². The number of ether oxygens (including phenoxy) is 2. The Morgan fingerprint density at radius 1 is 0.692 bits per heavy atom. The lowest BCUT2D eigenvalue weighted by Crippen LogP contribution is -2.09. The largest absolute Gasteiger partial charge is 0.450 e. The third-order valence-corrected chi connectivity index (χ3v) is 4.35. The number of carbonyl (C=O) groups excluding carboxylic acids is 2. The Kier molecular flexibility index (Phi) is 4.23. The van der Waals surface area contributed by atoms with Gasteiger partial charge in [0.05, 0.1) is 0 Å². The van der Waals surface area contributed by atoms with Crippen molar-refractivity contribution in [3.63, 3.8) is 0 Å². The summed E-state index contributed by atoms with van der Waals surface area (Å²) in [5.41, 5.74) is 3.93. The molecule has 0 bridgehead atoms. The zero-order valence-corrected chi connectivity index (χ0v) is 13.9. The average molecular weight is 344 g/mol. The summed E-state index contributed by atoms with van der Waals surface area (Å²) in [6, 6.07) is 15.4. The minimum atomic E-state index is -0.587. The molecule has 0 amide bonds. The molecule has 0 radical (unpaired) electrons. The summed E-state index contributed by atoms with van der Waals surface area (Å²) >= 11 is 0. The molecule has 0 spiro atoms. The number of carbonyl (C=O) groups is 2. The quantitative estimate of drug-likeness (QED) is 0.617. The molecule has 128 valence electrons. The van der Waals surface area contributed by atoms with Crippen molar-refractivity contribution < 1.29 is 19.1 Å². The number of hydrogen-bond acceptors (Lipinski definition) is 4. The molecule has 0 fully saturated rings. The summed E-state index contributed by atoms with van der Waals surface area (Å²) in [6.45, 7) is 0. The van der Waals surface area contributed by atoms with Gasteiger partial charge in [-0.2, -0.15) is 0 Å². The molecule has 2 atom stereocenters. The van der Waals surface area contributed by atoms with E-state index < -0.39 is 24.1 Å². The number of hydrogen-bond donors (Lipinski definition) is 0. The van der Waals surface area contributed by atoms with E-state index in [1.807, 2.05) is 72.8 Å². The Morgan fingerprint density at radius 2 is 1.12 bits per heavy atom. The fourth-order valence-corrected chi connectivity index (χ4v) is 3.10. The van der Waals surface area contributed by atoms with E-state index in [0.717, 1.165) is 34.4 Å². The highest BCUT2D eigenvalue weighted by molar-refractivity contribution is 5.92. The van der Waals surface area contributed by atoms with E-state index in [-0.39, 0.29) is 0 Å². The molecule has 2 aromatic rings. The third kappa shape index (κ3) is 3.22. The summed E-state index contributed by atoms with van der Waals surface area (Å²) in [6.07, 6.45) is 8.80. The summed E-state index contributed by atoms with van der Waals surface area (Å²) in [7, 11) is 0. The summed E-state index contributed by atoms with van der Waals surface area (Å²) in [4.78, 5) is 24.0. The Hall–Kier alpha value is -3.40. The second-order valence-electron chi connectivity index (χ2n) is 6.02. The van der Waals surface area contributed by atoms with E-state index in [0.29, 0.717) is 0 Å². The van der Waals surface area contributed by atoms with Crippen LogP contribution < -0.4 is 0 Å². The molecule has 0 aliphatic heterocycles. The van der Waals surface area contributed by atoms with Crippen molar-refractivity contribution in [1.29, 1.82) is 0 Å². The van der Waals surface area contributed by atoms with Crippen LogP contribution in [0.5, 0.6) is 0 Å². The van der Waals surface area contributed by atoms with Crippen molar-refractivity contribution in [2.45, 2.75) is 12.2 Å². The van der Waals surface area contributed by atoms with Crippen molar-refractivity contribution in [3.8, 4) is 0 Å². The van der Waals surface area contributed by atoms with Crippen LogP contribution >= 0.6 is 0 Å². The molecular weight excluding hydrogens is 328 g/mol. The minimum Gasteiger partial charge on any atom is -0.450 e. The first-order valence-corrected chi connectivity index (χ1v) is 8.34. The molecule has 4 heteroatoms. The van der Waals surface area contributed by atoms with Crippen LogP contribution in [0.4, 0.5) is 0 Å². The Morgan fingerprint density at radius 3 is 1.58 bits per heavy atom. The van der Waals surface area contributed by atoms with Crippen molar-refractivity contribution in [2.24, 2.45) is 0 Å². The maximum absolute atomic E-state index is 12.0. The van der Waals surface area contributed by atoms with E-state index in [1.165, 1.54) is 0 Å². The van der Waals surface area contributed by atoms with E-state index in [4.69, 9.17) is 9.47 Å². The van der Waals surface area contributed by atoms with Gasteiger partial charge in [-0.1, -0.05) is 60.7 Å². The molecule has 4 rings (SSSR count). The molecule has 0 heterocycles. The predicted octanol–water partition coefficient (Wildman–Crippen LogP) is 4.17. The van der Waals surface area contributed by atoms with Gasteiger partial charge in [0.25, 0.3) is 0 Å². The highest BCUT2D eigenvalue weighted by Gasteiger charge is 2.21. The van der Waals surface area contributed by atoms with Crippen LogP contribution in [0, 0.1) is 0 Å². The average Bonchev–Trinajstić information content (AvgIpc) is 3.25. The smallest absolute Gasteiger partial charge is 0.331 e. The first-order chi connectivity index (χ1) is 12.7. The van der Waals surface area contributed by atoms with Crippen LogP contribution in [-0.2, 0) is 19.1 Å². The van der Waals surface area contributed by atoms with Crippen LogP contribution in [0.2, 0.25) is 0 Å². The molecule has 4 nitrogen and oxygen atoms in total. The fourth-order valence-electron chi connectivity index (χ4n) is 3.10. The number of benzene rings is 2. The number of rotatable bonds is 4. The van der Waals surface area contributed by atoms with Gasteiger partial charge in [-0.15, -0.1) is 0 Å². The van der Waals surface area contributed by atoms with E-state index >= 15 is 0 Å². The highest BCUT2D eigenvalue weighted by Crippen LogP contribution is 2.31. The number of fused-ring (bicyclic) bond motifs is 2. The molecule has 2 aromatic carbocycles. The van der Waals surface area contributed by atoms with Crippen molar-refractivity contribution in [1.82, 2.24) is 0 Å². The van der Waals surface area contributed by atoms with Gasteiger partial charge in [0.2, 0.25) is 0 Å². The number of esters is 2. The van der Waals surface area contributed by atoms with Crippen molar-refractivity contribution in [2.75, 3.05) is 0 Å². The zero-order chi connectivity index (χ0) is 17.9. The molecular formula is C22H16O4. The molecule has 0 aromatic heterocycles. The summed E-state index contributed by atoms with van der Waals surface area (Å²) in [5.74, 6) is -1.17. The van der Waals surface area contributed by atoms with Gasteiger partial charge >= 0.3 is 11.9 Å². The van der Waals surface area contributed by atoms with Gasteiger partial charge in [-0.3, -0.25) is 0 Å². The van der Waals surface area contributed by atoms with E-state index in [2.05, 4.69) is 0 Å². The third-order valence-electron chi connectivity index (χ3n) is 4.35. The van der Waals surface area contributed by atoms with E-state index in [1.54, 1.807) is 0 Å². The normalized spacial score (nSPS) is 19.4. The highest BCUT2D eigenvalue weighted by atomic mass is 16.5. The monoisotopic (exact) mass is 344 g/mol. The van der Waals surface area contributed by atoms with Gasteiger partial charge in [0.15, 0.2) is 0 Å². The molecule has 0 saturated heterocycles.